The van der Waals surface area contributed by atoms with Crippen LogP contribution in [0.1, 0.15) is 6.42 Å². The van der Waals surface area contributed by atoms with Gasteiger partial charge in [-0.1, -0.05) is 24.3 Å². The fourth-order valence-electron chi connectivity index (χ4n) is 1.77. The van der Waals surface area contributed by atoms with Crippen LogP contribution in [0.5, 0.6) is 0 Å². The quantitative estimate of drug-likeness (QED) is 0.798. The van der Waals surface area contributed by atoms with Crippen LogP contribution in [-0.4, -0.2) is 19.8 Å². The van der Waals surface area contributed by atoms with E-state index in [0.29, 0.717) is 0 Å². The molecule has 0 aliphatic heterocycles. The Morgan fingerprint density at radius 1 is 1.17 bits per heavy atom. The Morgan fingerprint density at radius 3 is 2.50 bits per heavy atom. The summed E-state index contributed by atoms with van der Waals surface area (Å²) in [6.07, 6.45) is 6.95. The minimum atomic E-state index is -0.434. The first-order chi connectivity index (χ1) is 8.78. The third-order valence-electron chi connectivity index (χ3n) is 2.99. The molecule has 1 aromatic carbocycles. The normalized spacial score (nSPS) is 23.1. The van der Waals surface area contributed by atoms with Crippen molar-refractivity contribution < 1.29 is 0 Å². The fraction of sp³-hybridized carbons (Fsp3) is 0.286. The van der Waals surface area contributed by atoms with Crippen LogP contribution in [0.15, 0.2) is 64.5 Å². The Morgan fingerprint density at radius 2 is 1.94 bits per heavy atom. The van der Waals surface area contributed by atoms with Crippen LogP contribution in [0, 0.1) is 0 Å². The van der Waals surface area contributed by atoms with Gasteiger partial charge in [-0.3, -0.25) is 5.32 Å². The number of benzene rings is 1. The highest BCUT2D eigenvalue weighted by Crippen LogP contribution is 2.23. The maximum Gasteiger partial charge on any atom is 0.154 e. The Labute approximate surface area is 108 Å². The third-order valence-corrected chi connectivity index (χ3v) is 2.99. The van der Waals surface area contributed by atoms with Crippen LogP contribution >= 0.6 is 0 Å². The molecule has 0 heterocycles. The largest absolute Gasteiger partial charge is 0.388 e. The molecule has 0 amide bonds. The summed E-state index contributed by atoms with van der Waals surface area (Å²) in [6.45, 7) is 0. The molecule has 0 bridgehead atoms. The lowest BCUT2D eigenvalue weighted by molar-refractivity contribution is 0.436. The second-order valence-corrected chi connectivity index (χ2v) is 4.16. The van der Waals surface area contributed by atoms with Crippen molar-refractivity contribution in [3.05, 3.63) is 54.3 Å². The minimum absolute atomic E-state index is 0.434. The van der Waals surface area contributed by atoms with Gasteiger partial charge >= 0.3 is 0 Å². The number of azo groups is 1. The van der Waals surface area contributed by atoms with E-state index in [1.165, 1.54) is 0 Å². The number of rotatable bonds is 4. The topological polar surface area (TPSA) is 48.8 Å². The Bertz CT molecular complexity index is 476. The van der Waals surface area contributed by atoms with E-state index >= 15 is 0 Å². The molecule has 0 saturated heterocycles. The molecule has 1 aliphatic carbocycles. The molecule has 0 fully saturated rings. The van der Waals surface area contributed by atoms with Crippen molar-refractivity contribution in [3.63, 3.8) is 0 Å². The van der Waals surface area contributed by atoms with Crippen LogP contribution in [0.4, 0.5) is 5.69 Å². The number of allylic oxidation sites excluding steroid dienone is 1. The number of nitrogens with one attached hydrogen (secondary N) is 2. The predicted octanol–water partition coefficient (Wildman–Crippen LogP) is 2.75. The summed E-state index contributed by atoms with van der Waals surface area (Å²) in [6, 6.07) is 9.75. The first-order valence-electron chi connectivity index (χ1n) is 6.02. The van der Waals surface area contributed by atoms with Crippen LogP contribution in [0.25, 0.3) is 0 Å². The molecule has 1 aliphatic rings. The van der Waals surface area contributed by atoms with E-state index in [2.05, 4.69) is 26.9 Å². The van der Waals surface area contributed by atoms with Gasteiger partial charge in [-0.25, -0.2) is 0 Å². The highest BCUT2D eigenvalue weighted by molar-refractivity contribution is 5.35. The van der Waals surface area contributed by atoms with Crippen LogP contribution in [0.3, 0.4) is 0 Å². The zero-order chi connectivity index (χ0) is 12.8. The maximum absolute atomic E-state index is 4.43. The molecule has 0 saturated carbocycles. The summed E-state index contributed by atoms with van der Waals surface area (Å²) in [5.41, 5.74) is 1.54. The van der Waals surface area contributed by atoms with E-state index in [4.69, 9.17) is 0 Å². The third kappa shape index (κ3) is 2.84. The smallest absolute Gasteiger partial charge is 0.154 e. The van der Waals surface area contributed by atoms with Crippen molar-refractivity contribution in [1.29, 1.82) is 0 Å². The van der Waals surface area contributed by atoms with Gasteiger partial charge in [-0.15, -0.1) is 0 Å². The zero-order valence-electron chi connectivity index (χ0n) is 10.7. The van der Waals surface area contributed by atoms with Crippen molar-refractivity contribution in [3.8, 4) is 0 Å². The van der Waals surface area contributed by atoms with E-state index in [-0.39, 0.29) is 0 Å². The summed E-state index contributed by atoms with van der Waals surface area (Å²) in [5, 5.41) is 15.0. The number of nitrogens with zero attached hydrogens (tertiary/aromatic N) is 2. The molecule has 1 aromatic rings. The molecule has 2 N–H and O–H groups in total. The van der Waals surface area contributed by atoms with Crippen molar-refractivity contribution in [2.75, 3.05) is 14.1 Å². The van der Waals surface area contributed by atoms with E-state index in [9.17, 15) is 0 Å². The lowest BCUT2D eigenvalue weighted by atomic mass is 10.0. The number of hydrogen-bond donors (Lipinski definition) is 2. The van der Waals surface area contributed by atoms with E-state index in [1.807, 2.05) is 56.6 Å². The van der Waals surface area contributed by atoms with Gasteiger partial charge < -0.3 is 5.32 Å². The molecular weight excluding hydrogens is 224 g/mol. The van der Waals surface area contributed by atoms with Crippen molar-refractivity contribution in [1.82, 2.24) is 10.6 Å². The van der Waals surface area contributed by atoms with Gasteiger partial charge in [-0.2, -0.15) is 10.2 Å². The van der Waals surface area contributed by atoms with Crippen molar-refractivity contribution >= 4 is 5.69 Å². The minimum Gasteiger partial charge on any atom is -0.388 e. The van der Waals surface area contributed by atoms with Crippen molar-refractivity contribution in [2.24, 2.45) is 10.2 Å². The lowest BCUT2D eigenvalue weighted by Crippen LogP contribution is -2.39. The summed E-state index contributed by atoms with van der Waals surface area (Å²) < 4.78 is 0. The standard InChI is InChI=1S/C14H18N4/c1-15-12-8-10-14(16-2,11-9-12)18-17-13-6-4-3-5-7-13/h3-10,15-16H,11H2,1-2H3. The summed E-state index contributed by atoms with van der Waals surface area (Å²) in [5.74, 6) is 0. The molecule has 18 heavy (non-hydrogen) atoms. The molecule has 1 atom stereocenters. The van der Waals surface area contributed by atoms with Gasteiger partial charge in [0.05, 0.1) is 5.69 Å². The molecule has 0 spiro atoms. The zero-order valence-corrected chi connectivity index (χ0v) is 10.7. The van der Waals surface area contributed by atoms with Gasteiger partial charge in [0.1, 0.15) is 0 Å². The van der Waals surface area contributed by atoms with E-state index < -0.39 is 5.66 Å². The van der Waals surface area contributed by atoms with Gasteiger partial charge in [0, 0.05) is 19.2 Å². The molecule has 4 heteroatoms. The second kappa shape index (κ2) is 5.60. The Hall–Kier alpha value is -1.94. The van der Waals surface area contributed by atoms with E-state index in [0.717, 1.165) is 17.8 Å². The first-order valence-corrected chi connectivity index (χ1v) is 6.02. The lowest BCUT2D eigenvalue weighted by Gasteiger charge is -2.26. The monoisotopic (exact) mass is 242 g/mol. The second-order valence-electron chi connectivity index (χ2n) is 4.16. The maximum atomic E-state index is 4.43. The summed E-state index contributed by atoms with van der Waals surface area (Å²) in [7, 11) is 3.81. The van der Waals surface area contributed by atoms with Gasteiger partial charge in [-0.05, 0) is 31.3 Å². The van der Waals surface area contributed by atoms with Crippen molar-refractivity contribution in [2.45, 2.75) is 12.1 Å². The van der Waals surface area contributed by atoms with Gasteiger partial charge in [0.2, 0.25) is 0 Å². The van der Waals surface area contributed by atoms with Crippen LogP contribution in [-0.2, 0) is 0 Å². The number of likely N-dealkylation sites (N-methyl/N-ethyl adjacent to an activating group) is 2. The molecule has 2 rings (SSSR count). The summed E-state index contributed by atoms with van der Waals surface area (Å²) in [4.78, 5) is 0. The Balaban J connectivity index is 2.14. The molecule has 94 valence electrons. The van der Waals surface area contributed by atoms with Gasteiger partial charge in [0.15, 0.2) is 5.66 Å². The number of hydrogen-bond acceptors (Lipinski definition) is 4. The molecule has 0 radical (unpaired) electrons. The van der Waals surface area contributed by atoms with Crippen LogP contribution < -0.4 is 10.6 Å². The molecular formula is C14H18N4. The highest BCUT2D eigenvalue weighted by Gasteiger charge is 2.25. The first kappa shape index (κ1) is 12.5. The average Bonchev–Trinajstić information content (AvgIpc) is 2.47. The fourth-order valence-corrected chi connectivity index (χ4v) is 1.77. The Kier molecular flexibility index (Phi) is 3.89. The molecule has 0 aromatic heterocycles. The highest BCUT2D eigenvalue weighted by atomic mass is 15.3. The van der Waals surface area contributed by atoms with Gasteiger partial charge in [0.25, 0.3) is 0 Å². The predicted molar refractivity (Wildman–Crippen MR) is 73.6 cm³/mol. The summed E-state index contributed by atoms with van der Waals surface area (Å²) >= 11 is 0. The van der Waals surface area contributed by atoms with Crippen LogP contribution in [0.2, 0.25) is 0 Å². The average molecular weight is 242 g/mol. The molecule has 4 nitrogen and oxygen atoms in total. The SMILES string of the molecule is CNC1=CCC(N=Nc2ccccc2)(NC)C=C1. The van der Waals surface area contributed by atoms with E-state index in [1.54, 1.807) is 0 Å². The molecule has 1 unspecified atom stereocenters.